The maximum Gasteiger partial charge on any atom is 0.133 e. The van der Waals surface area contributed by atoms with Crippen molar-refractivity contribution in [1.82, 2.24) is 14.7 Å². The van der Waals surface area contributed by atoms with Gasteiger partial charge in [0.25, 0.3) is 0 Å². The van der Waals surface area contributed by atoms with E-state index in [1.165, 1.54) is 5.57 Å². The fourth-order valence-electron chi connectivity index (χ4n) is 2.65. The Labute approximate surface area is 126 Å². The minimum atomic E-state index is -0.892. The Morgan fingerprint density at radius 1 is 1.18 bits per heavy atom. The summed E-state index contributed by atoms with van der Waals surface area (Å²) in [6, 6.07) is 1.44. The molecule has 0 spiro atoms. The van der Waals surface area contributed by atoms with E-state index in [0.29, 0.717) is 13.1 Å². The first-order valence-electron chi connectivity index (χ1n) is 7.07. The van der Waals surface area contributed by atoms with Gasteiger partial charge in [-0.05, 0) is 12.0 Å². The maximum atomic E-state index is 13.7. The molecule has 2 heterocycles. The van der Waals surface area contributed by atoms with Gasteiger partial charge in [0, 0.05) is 56.1 Å². The number of halogens is 3. The van der Waals surface area contributed by atoms with Crippen LogP contribution < -0.4 is 0 Å². The Balaban J connectivity index is 1.71. The number of aromatic nitrogens is 2. The molecule has 3 nitrogen and oxygen atoms in total. The molecule has 0 amide bonds. The minimum Gasteiger partial charge on any atom is -0.295 e. The molecular formula is C16H16F3N3. The van der Waals surface area contributed by atoms with Crippen molar-refractivity contribution in [1.29, 1.82) is 0 Å². The molecule has 1 aromatic carbocycles. The van der Waals surface area contributed by atoms with Crippen molar-refractivity contribution in [2.45, 2.75) is 13.0 Å². The highest BCUT2D eigenvalue weighted by Crippen LogP contribution is 2.24. The van der Waals surface area contributed by atoms with Crippen LogP contribution in [0.25, 0.3) is 5.57 Å². The topological polar surface area (TPSA) is 21.1 Å². The fourth-order valence-corrected chi connectivity index (χ4v) is 2.65. The van der Waals surface area contributed by atoms with E-state index in [0.717, 1.165) is 24.1 Å². The Kier molecular flexibility index (Phi) is 4.02. The first kappa shape index (κ1) is 14.8. The van der Waals surface area contributed by atoms with Gasteiger partial charge in [-0.3, -0.25) is 9.58 Å². The van der Waals surface area contributed by atoms with E-state index in [-0.39, 0.29) is 12.1 Å². The first-order valence-corrected chi connectivity index (χ1v) is 7.07. The van der Waals surface area contributed by atoms with Gasteiger partial charge in [-0.2, -0.15) is 5.10 Å². The van der Waals surface area contributed by atoms with E-state index in [1.807, 2.05) is 24.2 Å². The van der Waals surface area contributed by atoms with Crippen LogP contribution in [0.15, 0.2) is 30.6 Å². The largest absolute Gasteiger partial charge is 0.295 e. The third-order valence-corrected chi connectivity index (χ3v) is 3.86. The molecule has 1 aliphatic heterocycles. The molecule has 2 aromatic rings. The SMILES string of the molecule is Cn1cc(C2=CCN(Cc3c(F)cc(F)cc3F)CC2)cn1. The Hall–Kier alpha value is -2.08. The molecule has 6 heteroatoms. The van der Waals surface area contributed by atoms with Crippen molar-refractivity contribution in [3.8, 4) is 0 Å². The number of rotatable bonds is 3. The monoisotopic (exact) mass is 307 g/mol. The second-order valence-corrected chi connectivity index (χ2v) is 5.47. The normalized spacial score (nSPS) is 15.9. The van der Waals surface area contributed by atoms with Gasteiger partial charge < -0.3 is 0 Å². The lowest BCUT2D eigenvalue weighted by Gasteiger charge is -2.26. The number of aryl methyl sites for hydroxylation is 1. The summed E-state index contributed by atoms with van der Waals surface area (Å²) >= 11 is 0. The molecule has 0 saturated carbocycles. The van der Waals surface area contributed by atoms with Crippen molar-refractivity contribution >= 4 is 5.57 Å². The van der Waals surface area contributed by atoms with Crippen LogP contribution in [0.4, 0.5) is 13.2 Å². The highest BCUT2D eigenvalue weighted by atomic mass is 19.1. The zero-order valence-corrected chi connectivity index (χ0v) is 12.2. The van der Waals surface area contributed by atoms with Crippen LogP contribution in [0, 0.1) is 17.5 Å². The Bertz CT molecular complexity index is 698. The van der Waals surface area contributed by atoms with Crippen LogP contribution in [-0.4, -0.2) is 27.8 Å². The summed E-state index contributed by atoms with van der Waals surface area (Å²) in [6.07, 6.45) is 6.58. The lowest BCUT2D eigenvalue weighted by atomic mass is 10.0. The third kappa shape index (κ3) is 3.06. The lowest BCUT2D eigenvalue weighted by molar-refractivity contribution is 0.283. The molecule has 22 heavy (non-hydrogen) atoms. The Morgan fingerprint density at radius 3 is 2.45 bits per heavy atom. The van der Waals surface area contributed by atoms with Crippen molar-refractivity contribution in [2.24, 2.45) is 7.05 Å². The fraction of sp³-hybridized carbons (Fsp3) is 0.312. The molecular weight excluding hydrogens is 291 g/mol. The number of hydrogen-bond donors (Lipinski definition) is 0. The first-order chi connectivity index (χ1) is 10.5. The highest BCUT2D eigenvalue weighted by Gasteiger charge is 2.18. The van der Waals surface area contributed by atoms with Crippen molar-refractivity contribution < 1.29 is 13.2 Å². The quantitative estimate of drug-likeness (QED) is 0.869. The molecule has 0 atom stereocenters. The van der Waals surface area contributed by atoms with E-state index in [1.54, 1.807) is 10.9 Å². The number of benzene rings is 1. The second kappa shape index (κ2) is 5.96. The van der Waals surface area contributed by atoms with Crippen molar-refractivity contribution in [2.75, 3.05) is 13.1 Å². The van der Waals surface area contributed by atoms with Gasteiger partial charge in [-0.25, -0.2) is 13.2 Å². The minimum absolute atomic E-state index is 0.0837. The zero-order chi connectivity index (χ0) is 15.7. The van der Waals surface area contributed by atoms with Gasteiger partial charge in [0.2, 0.25) is 0 Å². The Morgan fingerprint density at radius 2 is 1.91 bits per heavy atom. The van der Waals surface area contributed by atoms with Crippen LogP contribution in [0.1, 0.15) is 17.5 Å². The van der Waals surface area contributed by atoms with Crippen LogP contribution in [0.2, 0.25) is 0 Å². The van der Waals surface area contributed by atoms with Crippen LogP contribution >= 0.6 is 0 Å². The van der Waals surface area contributed by atoms with Crippen molar-refractivity contribution in [3.05, 3.63) is 59.2 Å². The average Bonchev–Trinajstić information content (AvgIpc) is 2.90. The second-order valence-electron chi connectivity index (χ2n) is 5.47. The van der Waals surface area contributed by atoms with Gasteiger partial charge in [-0.1, -0.05) is 6.08 Å². The van der Waals surface area contributed by atoms with Gasteiger partial charge in [0.05, 0.1) is 6.20 Å². The lowest BCUT2D eigenvalue weighted by Crippen LogP contribution is -2.29. The number of hydrogen-bond acceptors (Lipinski definition) is 2. The third-order valence-electron chi connectivity index (χ3n) is 3.86. The predicted octanol–water partition coefficient (Wildman–Crippen LogP) is 3.13. The summed E-state index contributed by atoms with van der Waals surface area (Å²) < 4.78 is 42.0. The van der Waals surface area contributed by atoms with E-state index < -0.39 is 17.5 Å². The molecule has 0 radical (unpaired) electrons. The summed E-state index contributed by atoms with van der Waals surface area (Å²) in [5.41, 5.74) is 2.17. The van der Waals surface area contributed by atoms with E-state index >= 15 is 0 Å². The molecule has 0 saturated heterocycles. The highest BCUT2D eigenvalue weighted by molar-refractivity contribution is 5.65. The summed E-state index contributed by atoms with van der Waals surface area (Å²) in [6.45, 7) is 1.42. The van der Waals surface area contributed by atoms with Gasteiger partial charge in [0.1, 0.15) is 17.5 Å². The molecule has 1 aliphatic rings. The predicted molar refractivity (Wildman–Crippen MR) is 77.4 cm³/mol. The van der Waals surface area contributed by atoms with Gasteiger partial charge >= 0.3 is 0 Å². The number of nitrogens with zero attached hydrogens (tertiary/aromatic N) is 3. The average molecular weight is 307 g/mol. The summed E-state index contributed by atoms with van der Waals surface area (Å²) in [7, 11) is 1.86. The van der Waals surface area contributed by atoms with Crippen LogP contribution in [0.5, 0.6) is 0 Å². The van der Waals surface area contributed by atoms with Gasteiger partial charge in [-0.15, -0.1) is 0 Å². The van der Waals surface area contributed by atoms with Gasteiger partial charge in [0.15, 0.2) is 0 Å². The van der Waals surface area contributed by atoms with E-state index in [2.05, 4.69) is 5.10 Å². The van der Waals surface area contributed by atoms with Crippen LogP contribution in [0.3, 0.4) is 0 Å². The molecule has 3 rings (SSSR count). The summed E-state index contributed by atoms with van der Waals surface area (Å²) in [5, 5.41) is 4.14. The molecule has 0 fully saturated rings. The summed E-state index contributed by atoms with van der Waals surface area (Å²) in [4.78, 5) is 1.93. The molecule has 116 valence electrons. The zero-order valence-electron chi connectivity index (χ0n) is 12.2. The van der Waals surface area contributed by atoms with Crippen molar-refractivity contribution in [3.63, 3.8) is 0 Å². The molecule has 1 aromatic heterocycles. The smallest absolute Gasteiger partial charge is 0.133 e. The molecule has 0 unspecified atom stereocenters. The van der Waals surface area contributed by atoms with E-state index in [4.69, 9.17) is 0 Å². The molecule has 0 bridgehead atoms. The molecule has 0 aliphatic carbocycles. The summed E-state index contributed by atoms with van der Waals surface area (Å²) in [5.74, 6) is -2.56. The van der Waals surface area contributed by atoms with Crippen LogP contribution in [-0.2, 0) is 13.6 Å². The molecule has 0 N–H and O–H groups in total. The maximum absolute atomic E-state index is 13.7. The van der Waals surface area contributed by atoms with E-state index in [9.17, 15) is 13.2 Å². The standard InChI is InChI=1S/C16H16F3N3/c1-21-9-12(8-20-21)11-2-4-22(5-3-11)10-14-15(18)6-13(17)7-16(14)19/h2,6-9H,3-5,10H2,1H3.